The van der Waals surface area contributed by atoms with Gasteiger partial charge in [0.05, 0.1) is 0 Å². The number of rotatable bonds is 14. The number of nitrogens with one attached hydrogen (secondary N) is 2. The maximum Gasteiger partial charge on any atom is 0.500 e. The first-order valence-electron chi connectivity index (χ1n) is 9.43. The third-order valence-electron chi connectivity index (χ3n) is 3.82. The van der Waals surface area contributed by atoms with E-state index in [-0.39, 0.29) is 26.2 Å². The molecule has 4 unspecified atom stereocenters. The van der Waals surface area contributed by atoms with Crippen LogP contribution in [0.2, 0.25) is 0 Å². The Morgan fingerprint density at radius 3 is 1.32 bits per heavy atom. The molecule has 0 aromatic carbocycles. The molecule has 202 valence electrons. The highest BCUT2D eigenvalue weighted by Gasteiger charge is 2.44. The van der Waals surface area contributed by atoms with Gasteiger partial charge in [0, 0.05) is 66.6 Å². The molecule has 2 rings (SSSR count). The minimum Gasteiger partial charge on any atom is -0.314 e. The fourth-order valence-corrected chi connectivity index (χ4v) is 9.02. The molecule has 4 N–H and O–H groups in total. The molecule has 2 heterocycles. The highest BCUT2D eigenvalue weighted by atomic mass is 31.3. The van der Waals surface area contributed by atoms with E-state index in [1.807, 2.05) is 0 Å². The van der Waals surface area contributed by atoms with E-state index < -0.39 is 39.5 Å². The SMILES string of the molecule is COP(=O)(ON1CCNCC1)OP(=O)(O)O[PH](=O)OP(=O)(O)OP(=O)(OC)ON1CCNCC1. The van der Waals surface area contributed by atoms with Crippen molar-refractivity contribution in [1.29, 1.82) is 0 Å². The first-order chi connectivity index (χ1) is 15.8. The first kappa shape index (κ1) is 30.8. The van der Waals surface area contributed by atoms with Crippen molar-refractivity contribution >= 4 is 39.5 Å². The van der Waals surface area contributed by atoms with Crippen LogP contribution in [0, 0.1) is 0 Å². The third kappa shape index (κ3) is 10.9. The average Bonchev–Trinajstić information content (AvgIpc) is 2.73. The van der Waals surface area contributed by atoms with Gasteiger partial charge in [-0.15, -0.1) is 0 Å². The number of phosphoric acid groups is 4. The maximum atomic E-state index is 12.5. The lowest BCUT2D eigenvalue weighted by Gasteiger charge is -2.29. The number of hydroxylamine groups is 4. The molecule has 4 atom stereocenters. The maximum absolute atomic E-state index is 12.5. The predicted octanol–water partition coefficient (Wildman–Crippen LogP) is 0.826. The van der Waals surface area contributed by atoms with Gasteiger partial charge in [-0.1, -0.05) is 0 Å². The second kappa shape index (κ2) is 13.4. The standard InChI is InChI=1S/C10H27N4O15P5/c1-22-33(20,24-13-7-3-11-4-8-13)28-31(16,17)26-30(15)27-32(18,19)29-34(21,23-2)25-14-9-5-12-6-10-14/h11-12,30H,3-10H2,1-2H3,(H,16,17)(H,18,19). The van der Waals surface area contributed by atoms with E-state index >= 15 is 0 Å². The summed E-state index contributed by atoms with van der Waals surface area (Å²) in [5.41, 5.74) is 0. The van der Waals surface area contributed by atoms with Gasteiger partial charge < -0.3 is 20.4 Å². The quantitative estimate of drug-likeness (QED) is 0.203. The predicted molar refractivity (Wildman–Crippen MR) is 113 cm³/mol. The molecule has 0 amide bonds. The van der Waals surface area contributed by atoms with Gasteiger partial charge in [-0.2, -0.15) is 28.0 Å². The fraction of sp³-hybridized carbons (Fsp3) is 1.00. The molecular weight excluding hydrogens is 571 g/mol. The van der Waals surface area contributed by atoms with E-state index in [0.29, 0.717) is 26.2 Å². The van der Waals surface area contributed by atoms with Gasteiger partial charge in [-0.3, -0.25) is 13.6 Å². The number of nitrogens with zero attached hydrogens (tertiary/aromatic N) is 2. The van der Waals surface area contributed by atoms with Gasteiger partial charge in [0.25, 0.3) is 0 Å². The van der Waals surface area contributed by atoms with E-state index in [1.165, 1.54) is 0 Å². The summed E-state index contributed by atoms with van der Waals surface area (Å²) in [4.78, 5) is 19.5. The summed E-state index contributed by atoms with van der Waals surface area (Å²) in [5.74, 6) is 0. The molecule has 2 saturated heterocycles. The Morgan fingerprint density at radius 1 is 0.706 bits per heavy atom. The van der Waals surface area contributed by atoms with Crippen LogP contribution >= 0.6 is 39.5 Å². The van der Waals surface area contributed by atoms with Crippen molar-refractivity contribution in [2.45, 2.75) is 0 Å². The monoisotopic (exact) mass is 598 g/mol. The largest absolute Gasteiger partial charge is 0.500 e. The van der Waals surface area contributed by atoms with Gasteiger partial charge in [0.1, 0.15) is 0 Å². The Balaban J connectivity index is 1.94. The van der Waals surface area contributed by atoms with Crippen molar-refractivity contribution in [2.24, 2.45) is 0 Å². The van der Waals surface area contributed by atoms with Crippen LogP contribution in [0.3, 0.4) is 0 Å². The molecule has 2 fully saturated rings. The molecule has 2 aliphatic rings. The van der Waals surface area contributed by atoms with Crippen molar-refractivity contribution in [1.82, 2.24) is 20.8 Å². The molecule has 0 aromatic rings. The third-order valence-corrected chi connectivity index (χ3v) is 11.9. The summed E-state index contributed by atoms with van der Waals surface area (Å²) in [6, 6.07) is 0. The van der Waals surface area contributed by atoms with E-state index in [1.54, 1.807) is 0 Å². The zero-order valence-electron chi connectivity index (χ0n) is 18.0. The molecule has 0 aliphatic carbocycles. The molecule has 19 nitrogen and oxygen atoms in total. The molecular formula is C10H27N4O15P5. The van der Waals surface area contributed by atoms with Crippen LogP contribution in [-0.2, 0) is 58.4 Å². The number of hydrogen-bond acceptors (Lipinski definition) is 17. The van der Waals surface area contributed by atoms with Gasteiger partial charge in [0.15, 0.2) is 0 Å². The molecule has 24 heteroatoms. The van der Waals surface area contributed by atoms with Crippen LogP contribution in [0.15, 0.2) is 0 Å². The first-order valence-corrected chi connectivity index (χ1v) is 16.6. The van der Waals surface area contributed by atoms with Crippen LogP contribution in [-0.4, -0.2) is 86.5 Å². The lowest BCUT2D eigenvalue weighted by Crippen LogP contribution is -2.42. The highest BCUT2D eigenvalue weighted by Crippen LogP contribution is 2.70. The van der Waals surface area contributed by atoms with E-state index in [2.05, 4.69) is 36.9 Å². The van der Waals surface area contributed by atoms with Crippen molar-refractivity contribution in [2.75, 3.05) is 66.6 Å². The molecule has 0 bridgehead atoms. The Morgan fingerprint density at radius 2 is 1.03 bits per heavy atom. The second-order valence-electron chi connectivity index (χ2n) is 6.31. The molecule has 0 saturated carbocycles. The summed E-state index contributed by atoms with van der Waals surface area (Å²) < 4.78 is 96.9. The van der Waals surface area contributed by atoms with E-state index in [9.17, 15) is 32.6 Å². The van der Waals surface area contributed by atoms with Crippen LogP contribution in [0.4, 0.5) is 0 Å². The highest BCUT2D eigenvalue weighted by molar-refractivity contribution is 7.68. The number of hydrogen-bond donors (Lipinski definition) is 4. The molecule has 0 radical (unpaired) electrons. The smallest absolute Gasteiger partial charge is 0.314 e. The Bertz CT molecular complexity index is 812. The average molecular weight is 598 g/mol. The van der Waals surface area contributed by atoms with Crippen LogP contribution in [0.1, 0.15) is 0 Å². The molecule has 2 aliphatic heterocycles. The van der Waals surface area contributed by atoms with Crippen LogP contribution in [0.25, 0.3) is 0 Å². The summed E-state index contributed by atoms with van der Waals surface area (Å²) in [6.45, 7) is 2.73. The summed E-state index contributed by atoms with van der Waals surface area (Å²) in [7, 11) is -23.2. The summed E-state index contributed by atoms with van der Waals surface area (Å²) in [6.07, 6.45) is 0. The van der Waals surface area contributed by atoms with E-state index in [4.69, 9.17) is 9.25 Å². The zero-order chi connectivity index (χ0) is 25.5. The second-order valence-corrected chi connectivity index (χ2v) is 14.3. The van der Waals surface area contributed by atoms with E-state index in [0.717, 1.165) is 24.3 Å². The van der Waals surface area contributed by atoms with Gasteiger partial charge >= 0.3 is 39.5 Å². The van der Waals surface area contributed by atoms with Crippen molar-refractivity contribution < 1.29 is 68.2 Å². The van der Waals surface area contributed by atoms with Crippen LogP contribution in [0.5, 0.6) is 0 Å². The Kier molecular flexibility index (Phi) is 12.1. The van der Waals surface area contributed by atoms with Crippen molar-refractivity contribution in [3.8, 4) is 0 Å². The lowest BCUT2D eigenvalue weighted by atomic mass is 10.4. The van der Waals surface area contributed by atoms with Crippen LogP contribution < -0.4 is 10.6 Å². The Labute approximate surface area is 195 Å². The zero-order valence-corrected chi connectivity index (χ0v) is 22.6. The van der Waals surface area contributed by atoms with Crippen molar-refractivity contribution in [3.63, 3.8) is 0 Å². The van der Waals surface area contributed by atoms with Gasteiger partial charge in [-0.25, -0.2) is 26.9 Å². The molecule has 34 heavy (non-hydrogen) atoms. The minimum atomic E-state index is -5.51. The summed E-state index contributed by atoms with van der Waals surface area (Å²) >= 11 is 0. The van der Waals surface area contributed by atoms with Gasteiger partial charge in [0.2, 0.25) is 0 Å². The number of piperazine rings is 2. The topological polar surface area (TPSA) is 230 Å². The fourth-order valence-electron chi connectivity index (χ4n) is 2.39. The van der Waals surface area contributed by atoms with Gasteiger partial charge in [-0.05, 0) is 0 Å². The lowest BCUT2D eigenvalue weighted by molar-refractivity contribution is -0.0900. The molecule has 0 spiro atoms. The Hall–Kier alpha value is 0.590. The minimum absolute atomic E-state index is 0.230. The summed E-state index contributed by atoms with van der Waals surface area (Å²) in [5, 5.41) is 8.22. The van der Waals surface area contributed by atoms with Crippen molar-refractivity contribution in [3.05, 3.63) is 0 Å². The normalized spacial score (nSPS) is 26.6. The molecule has 0 aromatic heterocycles.